The lowest BCUT2D eigenvalue weighted by Crippen LogP contribution is -2.22. The fraction of sp³-hybridized carbons (Fsp3) is 0.583. The molecule has 0 saturated carbocycles. The van der Waals surface area contributed by atoms with Crippen molar-refractivity contribution >= 4 is 17.1 Å². The Hall–Kier alpha value is -0.710. The first-order chi connectivity index (χ1) is 7.49. The highest BCUT2D eigenvalue weighted by molar-refractivity contribution is 7.12. The lowest BCUT2D eigenvalue weighted by Gasteiger charge is -2.19. The van der Waals surface area contributed by atoms with Crippen molar-refractivity contribution < 1.29 is 14.3 Å². The Morgan fingerprint density at radius 2 is 2.12 bits per heavy atom. The van der Waals surface area contributed by atoms with E-state index in [0.717, 1.165) is 4.88 Å². The summed E-state index contributed by atoms with van der Waals surface area (Å²) in [7, 11) is 0. The third-order valence-corrected chi connectivity index (χ3v) is 2.70. The van der Waals surface area contributed by atoms with Crippen LogP contribution in [-0.4, -0.2) is 31.2 Å². The van der Waals surface area contributed by atoms with Crippen molar-refractivity contribution in [2.24, 2.45) is 0 Å². The Bertz CT molecular complexity index is 312. The zero-order chi connectivity index (χ0) is 12.0. The molecular formula is C12H18O3S. The molecule has 90 valence electrons. The molecule has 0 aliphatic carbocycles. The van der Waals surface area contributed by atoms with E-state index < -0.39 is 0 Å². The molecule has 16 heavy (non-hydrogen) atoms. The second-order valence-corrected chi connectivity index (χ2v) is 5.36. The molecule has 0 N–H and O–H groups in total. The first kappa shape index (κ1) is 13.4. The van der Waals surface area contributed by atoms with E-state index >= 15 is 0 Å². The van der Waals surface area contributed by atoms with Gasteiger partial charge in [-0.15, -0.1) is 11.3 Å². The molecule has 0 saturated heterocycles. The number of carbonyl (C=O) groups excluding carboxylic acids is 1. The third-order valence-electron chi connectivity index (χ3n) is 1.79. The van der Waals surface area contributed by atoms with E-state index in [1.807, 2.05) is 38.3 Å². The molecule has 4 heteroatoms. The number of hydrogen-bond donors (Lipinski definition) is 0. The van der Waals surface area contributed by atoms with Gasteiger partial charge in [0, 0.05) is 0 Å². The van der Waals surface area contributed by atoms with Crippen molar-refractivity contribution in [3.8, 4) is 0 Å². The molecule has 1 aromatic rings. The molecule has 0 fully saturated rings. The van der Waals surface area contributed by atoms with Gasteiger partial charge in [0.15, 0.2) is 5.78 Å². The van der Waals surface area contributed by atoms with Gasteiger partial charge in [-0.2, -0.15) is 0 Å². The second-order valence-electron chi connectivity index (χ2n) is 4.41. The summed E-state index contributed by atoms with van der Waals surface area (Å²) in [4.78, 5) is 12.3. The van der Waals surface area contributed by atoms with Gasteiger partial charge >= 0.3 is 0 Å². The molecule has 0 aliphatic heterocycles. The summed E-state index contributed by atoms with van der Waals surface area (Å²) in [6, 6.07) is 3.67. The van der Waals surface area contributed by atoms with Crippen molar-refractivity contribution in [1.29, 1.82) is 0 Å². The van der Waals surface area contributed by atoms with Crippen LogP contribution in [-0.2, 0) is 9.47 Å². The number of rotatable bonds is 6. The van der Waals surface area contributed by atoms with E-state index in [0.29, 0.717) is 13.2 Å². The van der Waals surface area contributed by atoms with Crippen LogP contribution in [0.2, 0.25) is 0 Å². The van der Waals surface area contributed by atoms with E-state index in [4.69, 9.17) is 9.47 Å². The van der Waals surface area contributed by atoms with Crippen molar-refractivity contribution in [3.63, 3.8) is 0 Å². The van der Waals surface area contributed by atoms with E-state index in [-0.39, 0.29) is 18.0 Å². The molecule has 0 atom stereocenters. The van der Waals surface area contributed by atoms with E-state index in [2.05, 4.69) is 0 Å². The summed E-state index contributed by atoms with van der Waals surface area (Å²) in [6.45, 7) is 7.07. The molecule has 1 aromatic heterocycles. The van der Waals surface area contributed by atoms with Crippen molar-refractivity contribution in [3.05, 3.63) is 22.4 Å². The molecule has 0 radical (unpaired) electrons. The minimum absolute atomic E-state index is 0.0331. The van der Waals surface area contributed by atoms with Crippen molar-refractivity contribution in [2.45, 2.75) is 26.4 Å². The standard InChI is InChI=1S/C12H18O3S/c1-12(2,3)15-7-6-14-9-10(13)11-5-4-8-16-11/h4-5,8H,6-7,9H2,1-3H3. The van der Waals surface area contributed by atoms with Crippen LogP contribution in [0.15, 0.2) is 17.5 Å². The number of hydrogen-bond acceptors (Lipinski definition) is 4. The predicted octanol–water partition coefficient (Wildman–Crippen LogP) is 2.76. The van der Waals surface area contributed by atoms with Gasteiger partial charge in [0.2, 0.25) is 0 Å². The van der Waals surface area contributed by atoms with E-state index in [1.54, 1.807) is 0 Å². The van der Waals surface area contributed by atoms with Crippen LogP contribution in [0, 0.1) is 0 Å². The smallest absolute Gasteiger partial charge is 0.198 e. The number of carbonyl (C=O) groups is 1. The maximum atomic E-state index is 11.5. The molecule has 0 amide bonds. The SMILES string of the molecule is CC(C)(C)OCCOCC(=O)c1cccs1. The molecule has 1 rings (SSSR count). The minimum atomic E-state index is -0.152. The van der Waals surface area contributed by atoms with Crippen molar-refractivity contribution in [1.82, 2.24) is 0 Å². The molecule has 0 aliphatic rings. The average molecular weight is 242 g/mol. The van der Waals surface area contributed by atoms with Crippen LogP contribution in [0.3, 0.4) is 0 Å². The summed E-state index contributed by atoms with van der Waals surface area (Å²) < 4.78 is 10.7. The maximum Gasteiger partial charge on any atom is 0.198 e. The van der Waals surface area contributed by atoms with Gasteiger partial charge in [0.05, 0.1) is 23.7 Å². The molecule has 0 aromatic carbocycles. The second kappa shape index (κ2) is 6.13. The zero-order valence-electron chi connectivity index (χ0n) is 9.99. The van der Waals surface area contributed by atoms with Crippen LogP contribution >= 0.6 is 11.3 Å². The molecular weight excluding hydrogens is 224 g/mol. The monoisotopic (exact) mass is 242 g/mol. The fourth-order valence-electron chi connectivity index (χ4n) is 1.08. The number of ether oxygens (including phenoxy) is 2. The Kier molecular flexibility index (Phi) is 5.12. The molecule has 0 spiro atoms. The number of Topliss-reactive ketones (excluding diaryl/α,β-unsaturated/α-hetero) is 1. The van der Waals surface area contributed by atoms with Crippen LogP contribution in [0.25, 0.3) is 0 Å². The lowest BCUT2D eigenvalue weighted by molar-refractivity contribution is -0.0323. The van der Waals surface area contributed by atoms with Crippen LogP contribution in [0.5, 0.6) is 0 Å². The summed E-state index contributed by atoms with van der Waals surface area (Å²) >= 11 is 1.44. The normalized spacial score (nSPS) is 11.7. The first-order valence-corrected chi connectivity index (χ1v) is 6.15. The molecule has 3 nitrogen and oxygen atoms in total. The van der Waals surface area contributed by atoms with E-state index in [1.165, 1.54) is 11.3 Å². The number of ketones is 1. The summed E-state index contributed by atoms with van der Waals surface area (Å²) in [5.41, 5.74) is -0.152. The van der Waals surface area contributed by atoms with Gasteiger partial charge in [-0.25, -0.2) is 0 Å². The van der Waals surface area contributed by atoms with Gasteiger partial charge in [0.1, 0.15) is 6.61 Å². The van der Waals surface area contributed by atoms with Gasteiger partial charge in [0.25, 0.3) is 0 Å². The molecule has 0 unspecified atom stereocenters. The highest BCUT2D eigenvalue weighted by Gasteiger charge is 2.10. The van der Waals surface area contributed by atoms with Crippen LogP contribution in [0.1, 0.15) is 30.4 Å². The van der Waals surface area contributed by atoms with Gasteiger partial charge in [-0.1, -0.05) is 6.07 Å². The average Bonchev–Trinajstić information content (AvgIpc) is 2.67. The van der Waals surface area contributed by atoms with Gasteiger partial charge in [-0.05, 0) is 32.2 Å². The van der Waals surface area contributed by atoms with E-state index in [9.17, 15) is 4.79 Å². The zero-order valence-corrected chi connectivity index (χ0v) is 10.8. The third kappa shape index (κ3) is 5.39. The maximum absolute atomic E-state index is 11.5. The highest BCUT2D eigenvalue weighted by Crippen LogP contribution is 2.09. The fourth-order valence-corrected chi connectivity index (χ4v) is 1.73. The molecule has 0 bridgehead atoms. The first-order valence-electron chi connectivity index (χ1n) is 5.27. The number of thiophene rings is 1. The predicted molar refractivity (Wildman–Crippen MR) is 65.2 cm³/mol. The highest BCUT2D eigenvalue weighted by atomic mass is 32.1. The van der Waals surface area contributed by atoms with Gasteiger partial charge < -0.3 is 9.47 Å². The Labute approximate surface area is 100 Å². The summed E-state index contributed by atoms with van der Waals surface area (Å²) in [5.74, 6) is 0.0331. The summed E-state index contributed by atoms with van der Waals surface area (Å²) in [5, 5.41) is 1.88. The Morgan fingerprint density at radius 3 is 2.69 bits per heavy atom. The largest absolute Gasteiger partial charge is 0.373 e. The van der Waals surface area contributed by atoms with Crippen molar-refractivity contribution in [2.75, 3.05) is 19.8 Å². The molecule has 1 heterocycles. The lowest BCUT2D eigenvalue weighted by atomic mass is 10.2. The summed E-state index contributed by atoms with van der Waals surface area (Å²) in [6.07, 6.45) is 0. The Balaban J connectivity index is 2.10. The van der Waals surface area contributed by atoms with Crippen LogP contribution < -0.4 is 0 Å². The Morgan fingerprint density at radius 1 is 1.38 bits per heavy atom. The van der Waals surface area contributed by atoms with Crippen LogP contribution in [0.4, 0.5) is 0 Å². The quantitative estimate of drug-likeness (QED) is 0.568. The van der Waals surface area contributed by atoms with Gasteiger partial charge in [-0.3, -0.25) is 4.79 Å². The topological polar surface area (TPSA) is 35.5 Å². The minimum Gasteiger partial charge on any atom is -0.373 e.